The van der Waals surface area contributed by atoms with Gasteiger partial charge in [-0.15, -0.1) is 0 Å². The molecule has 0 spiro atoms. The van der Waals surface area contributed by atoms with E-state index in [-0.39, 0.29) is 11.4 Å². The Morgan fingerprint density at radius 2 is 0.652 bits per heavy atom. The minimum atomic E-state index is -4.84. The predicted octanol–water partition coefficient (Wildman–Crippen LogP) is 17.5. The summed E-state index contributed by atoms with van der Waals surface area (Å²) in [5.74, 6) is -4.18. The molecule has 66 heavy (non-hydrogen) atoms. The third-order valence-corrected chi connectivity index (χ3v) is 11.7. The van der Waals surface area contributed by atoms with E-state index in [0.717, 1.165) is 59.3 Å². The molecule has 0 unspecified atom stereocenters. The van der Waals surface area contributed by atoms with Crippen LogP contribution < -0.4 is 9.80 Å². The van der Waals surface area contributed by atoms with Gasteiger partial charge in [-0.1, -0.05) is 109 Å². The quantitative estimate of drug-likeness (QED) is 0.111. The van der Waals surface area contributed by atoms with Crippen molar-refractivity contribution in [3.8, 4) is 22.3 Å². The van der Waals surface area contributed by atoms with Gasteiger partial charge in [0.25, 0.3) is 0 Å². The van der Waals surface area contributed by atoms with E-state index in [9.17, 15) is 26.3 Å². The number of benzene rings is 10. The molecule has 326 valence electrons. The molecule has 0 amide bonds. The van der Waals surface area contributed by atoms with Crippen LogP contribution in [0.5, 0.6) is 0 Å². The molecule has 0 aliphatic carbocycles. The number of hydrogen-bond acceptors (Lipinski definition) is 2. The standard InChI is InChI=1S/C54H30F10N2/c55-43-29-49(45(57)27-39(43)35-15-7-9-17-41(35)53(59,60)61)65(33-11-3-1-4-12-33)47-25-21-31-20-24-38-48(26-22-32-19-23-37(47)51(31)52(32)38)66(34-13-5-2-6-14-34)50-30-44(56)40(28-46(50)58)36-16-8-10-18-42(36)54(62,63)64/h1-30H. The molecule has 0 aromatic heterocycles. The van der Waals surface area contributed by atoms with Crippen LogP contribution in [0.2, 0.25) is 0 Å². The molecule has 12 heteroatoms. The van der Waals surface area contributed by atoms with Gasteiger partial charge in [-0.3, -0.25) is 0 Å². The smallest absolute Gasteiger partial charge is 0.307 e. The highest BCUT2D eigenvalue weighted by molar-refractivity contribution is 6.28. The molecule has 2 nitrogen and oxygen atoms in total. The molecular formula is C54H30F10N2. The first-order chi connectivity index (χ1) is 31.7. The molecule has 0 fully saturated rings. The largest absolute Gasteiger partial charge is 0.417 e. The maximum Gasteiger partial charge on any atom is 0.417 e. The lowest BCUT2D eigenvalue weighted by Gasteiger charge is -2.30. The Bertz CT molecular complexity index is 3230. The second-order valence-corrected chi connectivity index (χ2v) is 15.6. The first-order valence-corrected chi connectivity index (χ1v) is 20.4. The Balaban J connectivity index is 1.17. The average molecular weight is 897 g/mol. The van der Waals surface area contributed by atoms with Gasteiger partial charge in [0.1, 0.15) is 23.3 Å². The third-order valence-electron chi connectivity index (χ3n) is 11.7. The van der Waals surface area contributed by atoms with Crippen molar-refractivity contribution in [2.45, 2.75) is 12.4 Å². The third kappa shape index (κ3) is 7.18. The van der Waals surface area contributed by atoms with Gasteiger partial charge in [-0.2, -0.15) is 26.3 Å². The van der Waals surface area contributed by atoms with E-state index in [1.807, 2.05) is 24.3 Å². The van der Waals surface area contributed by atoms with Crippen molar-refractivity contribution in [3.05, 3.63) is 216 Å². The van der Waals surface area contributed by atoms with Crippen molar-refractivity contribution in [1.29, 1.82) is 0 Å². The van der Waals surface area contributed by atoms with Crippen LogP contribution in [0.15, 0.2) is 182 Å². The van der Waals surface area contributed by atoms with E-state index in [4.69, 9.17) is 0 Å². The molecule has 0 saturated heterocycles. The van der Waals surface area contributed by atoms with E-state index in [0.29, 0.717) is 44.3 Å². The maximum atomic E-state index is 16.7. The summed E-state index contributed by atoms with van der Waals surface area (Å²) in [6.45, 7) is 0. The van der Waals surface area contributed by atoms with E-state index in [2.05, 4.69) is 0 Å². The summed E-state index contributed by atoms with van der Waals surface area (Å²) >= 11 is 0. The van der Waals surface area contributed by atoms with E-state index in [1.54, 1.807) is 84.9 Å². The van der Waals surface area contributed by atoms with Gasteiger partial charge in [0.05, 0.1) is 33.9 Å². The number of anilines is 6. The highest BCUT2D eigenvalue weighted by atomic mass is 19.4. The van der Waals surface area contributed by atoms with Crippen molar-refractivity contribution in [2.75, 3.05) is 9.80 Å². The Morgan fingerprint density at radius 1 is 0.303 bits per heavy atom. The highest BCUT2D eigenvalue weighted by Gasteiger charge is 2.36. The Morgan fingerprint density at radius 3 is 1.03 bits per heavy atom. The monoisotopic (exact) mass is 896 g/mol. The Labute approximate surface area is 370 Å². The fourth-order valence-electron chi connectivity index (χ4n) is 8.89. The van der Waals surface area contributed by atoms with Crippen LogP contribution in [-0.4, -0.2) is 0 Å². The number of rotatable bonds is 8. The van der Waals surface area contributed by atoms with Crippen molar-refractivity contribution >= 4 is 66.4 Å². The van der Waals surface area contributed by atoms with Crippen LogP contribution in [-0.2, 0) is 12.4 Å². The van der Waals surface area contributed by atoms with Crippen LogP contribution in [0, 0.1) is 23.3 Å². The molecule has 0 N–H and O–H groups in total. The number of hydrogen-bond donors (Lipinski definition) is 0. The first kappa shape index (κ1) is 42.1. The molecule has 0 aliphatic heterocycles. The van der Waals surface area contributed by atoms with E-state index >= 15 is 17.6 Å². The van der Waals surface area contributed by atoms with Crippen molar-refractivity contribution in [2.24, 2.45) is 0 Å². The lowest BCUT2D eigenvalue weighted by molar-refractivity contribution is -0.137. The summed E-state index contributed by atoms with van der Waals surface area (Å²) in [7, 11) is 0. The van der Waals surface area contributed by atoms with Crippen LogP contribution in [0.1, 0.15) is 11.1 Å². The second kappa shape index (κ2) is 16.0. The molecule has 10 rings (SSSR count). The zero-order valence-corrected chi connectivity index (χ0v) is 34.0. The molecule has 0 aliphatic rings. The van der Waals surface area contributed by atoms with E-state index < -0.39 is 69.0 Å². The first-order valence-electron chi connectivity index (χ1n) is 20.4. The van der Waals surface area contributed by atoms with Gasteiger partial charge >= 0.3 is 12.4 Å². The van der Waals surface area contributed by atoms with Crippen LogP contribution in [0.25, 0.3) is 54.6 Å². The Hall–Kier alpha value is -7.86. The normalized spacial score (nSPS) is 12.1. The van der Waals surface area contributed by atoms with Gasteiger partial charge < -0.3 is 9.80 Å². The SMILES string of the molecule is Fc1cc(N(c2ccccc2)c2ccc3ccc4c(N(c5ccccc5)c5cc(F)c(-c6ccccc6C(F)(F)F)cc5F)ccc5ccc2c3c54)c(F)cc1-c1ccccc1C(F)(F)F. The summed E-state index contributed by atoms with van der Waals surface area (Å²) in [6.07, 6.45) is -9.68. The number of halogens is 10. The maximum absolute atomic E-state index is 16.7. The zero-order chi connectivity index (χ0) is 46.1. The Kier molecular flexibility index (Phi) is 10.2. The summed E-state index contributed by atoms with van der Waals surface area (Å²) in [6, 6.07) is 43.4. The van der Waals surface area contributed by atoms with Crippen molar-refractivity contribution < 1.29 is 43.9 Å². The molecule has 10 aromatic carbocycles. The fraction of sp³-hybridized carbons (Fsp3) is 0.0370. The molecule has 0 atom stereocenters. The molecule has 0 heterocycles. The summed E-state index contributed by atoms with van der Waals surface area (Å²) in [5.41, 5.74) is -3.40. The van der Waals surface area contributed by atoms with Gasteiger partial charge in [0, 0.05) is 45.4 Å². The van der Waals surface area contributed by atoms with E-state index in [1.165, 1.54) is 34.1 Å². The van der Waals surface area contributed by atoms with Gasteiger partial charge in [-0.25, -0.2) is 17.6 Å². The van der Waals surface area contributed by atoms with Crippen LogP contribution in [0.4, 0.5) is 78.0 Å². The lowest BCUT2D eigenvalue weighted by Crippen LogP contribution is -2.14. The fourth-order valence-corrected chi connectivity index (χ4v) is 8.89. The molecular weight excluding hydrogens is 867 g/mol. The summed E-state index contributed by atoms with van der Waals surface area (Å²) in [4.78, 5) is 2.97. The van der Waals surface area contributed by atoms with Gasteiger partial charge in [-0.05, 0) is 93.3 Å². The van der Waals surface area contributed by atoms with Crippen molar-refractivity contribution in [3.63, 3.8) is 0 Å². The second-order valence-electron chi connectivity index (χ2n) is 15.6. The van der Waals surface area contributed by atoms with Crippen LogP contribution in [0.3, 0.4) is 0 Å². The van der Waals surface area contributed by atoms with Crippen LogP contribution >= 0.6 is 0 Å². The summed E-state index contributed by atoms with van der Waals surface area (Å²) < 4.78 is 150. The highest BCUT2D eigenvalue weighted by Crippen LogP contribution is 2.50. The number of para-hydroxylation sites is 2. The lowest BCUT2D eigenvalue weighted by atomic mass is 9.91. The van der Waals surface area contributed by atoms with Gasteiger partial charge in [0.15, 0.2) is 0 Å². The average Bonchev–Trinajstić information content (AvgIpc) is 3.31. The molecule has 0 bridgehead atoms. The summed E-state index contributed by atoms with van der Waals surface area (Å²) in [5, 5.41) is 3.93. The minimum absolute atomic E-state index is 0.281. The minimum Gasteiger partial charge on any atom is -0.307 e. The molecule has 10 aromatic rings. The molecule has 0 radical (unpaired) electrons. The van der Waals surface area contributed by atoms with Gasteiger partial charge in [0.2, 0.25) is 0 Å². The number of nitrogens with zero attached hydrogens (tertiary/aromatic N) is 2. The van der Waals surface area contributed by atoms with Crippen molar-refractivity contribution in [1.82, 2.24) is 0 Å². The zero-order valence-electron chi connectivity index (χ0n) is 34.0. The molecule has 0 saturated carbocycles. The number of alkyl halides is 6. The topological polar surface area (TPSA) is 6.48 Å². The predicted molar refractivity (Wildman–Crippen MR) is 240 cm³/mol.